The lowest BCUT2D eigenvalue weighted by atomic mass is 9.90. The van der Waals surface area contributed by atoms with Crippen LogP contribution < -0.4 is 5.32 Å². The summed E-state index contributed by atoms with van der Waals surface area (Å²) in [5.74, 6) is 0. The number of aryl methyl sites for hydroxylation is 2. The van der Waals surface area contributed by atoms with Crippen LogP contribution >= 0.6 is 0 Å². The fraction of sp³-hybridized carbons (Fsp3) is 0.364. The van der Waals surface area contributed by atoms with Gasteiger partial charge in [0, 0.05) is 34.8 Å². The third-order valence-electron chi connectivity index (χ3n) is 5.80. The van der Waals surface area contributed by atoms with Crippen molar-refractivity contribution in [3.05, 3.63) is 75.0 Å². The van der Waals surface area contributed by atoms with Gasteiger partial charge in [0.1, 0.15) is 0 Å². The lowest BCUT2D eigenvalue weighted by Crippen LogP contribution is -2.41. The van der Waals surface area contributed by atoms with Gasteiger partial charge in [-0.3, -0.25) is 10.1 Å². The lowest BCUT2D eigenvalue weighted by Gasteiger charge is -2.30. The molecule has 3 aromatic rings. The van der Waals surface area contributed by atoms with Crippen LogP contribution in [0.5, 0.6) is 0 Å². The zero-order chi connectivity index (χ0) is 20.5. The van der Waals surface area contributed by atoms with Crippen LogP contribution in [0.1, 0.15) is 47.4 Å². The normalized spacial score (nSPS) is 18.4. The molecule has 4 rings (SSSR count). The highest BCUT2D eigenvalue weighted by atomic mass is 16.6. The fourth-order valence-electron chi connectivity index (χ4n) is 4.27. The topological polar surface area (TPSA) is 111 Å². The summed E-state index contributed by atoms with van der Waals surface area (Å²) in [5.41, 5.74) is 5.24. The maximum absolute atomic E-state index is 10.8. The number of aliphatic hydroxyl groups excluding tert-OH is 2. The van der Waals surface area contributed by atoms with Crippen molar-refractivity contribution in [2.75, 3.05) is 6.61 Å². The predicted molar refractivity (Wildman–Crippen MR) is 111 cm³/mol. The van der Waals surface area contributed by atoms with Crippen LogP contribution in [-0.2, 0) is 6.42 Å². The molecule has 2 aromatic carbocycles. The van der Waals surface area contributed by atoms with Crippen molar-refractivity contribution < 1.29 is 15.1 Å². The highest BCUT2D eigenvalue weighted by molar-refractivity contribution is 5.85. The Kier molecular flexibility index (Phi) is 5.36. The molecule has 7 heteroatoms. The molecule has 152 valence electrons. The zero-order valence-corrected chi connectivity index (χ0v) is 16.3. The zero-order valence-electron chi connectivity index (χ0n) is 16.3. The number of aliphatic hydroxyl groups is 2. The Balaban J connectivity index is 1.58. The van der Waals surface area contributed by atoms with E-state index in [9.17, 15) is 20.3 Å². The molecule has 3 atom stereocenters. The number of aromatic nitrogens is 1. The van der Waals surface area contributed by atoms with E-state index in [0.717, 1.165) is 30.5 Å². The molecule has 0 saturated carbocycles. The van der Waals surface area contributed by atoms with Crippen molar-refractivity contribution in [1.29, 1.82) is 0 Å². The first kappa shape index (κ1) is 19.6. The molecule has 0 unspecified atom stereocenters. The number of non-ortho nitro benzene ring substituents is 1. The van der Waals surface area contributed by atoms with Crippen molar-refractivity contribution in [3.63, 3.8) is 0 Å². The van der Waals surface area contributed by atoms with Gasteiger partial charge < -0.3 is 20.5 Å². The number of nitro groups is 1. The van der Waals surface area contributed by atoms with E-state index in [4.69, 9.17) is 0 Å². The molecule has 0 amide bonds. The number of aromatic amines is 1. The van der Waals surface area contributed by atoms with E-state index in [1.54, 1.807) is 0 Å². The molecule has 4 N–H and O–H groups in total. The first-order chi connectivity index (χ1) is 14.0. The summed E-state index contributed by atoms with van der Waals surface area (Å²) in [5, 5.41) is 36.2. The first-order valence-electron chi connectivity index (χ1n) is 9.88. The summed E-state index contributed by atoms with van der Waals surface area (Å²) in [6.07, 6.45) is 1.96. The van der Waals surface area contributed by atoms with Crippen molar-refractivity contribution >= 4 is 16.6 Å². The Labute approximate surface area is 168 Å². The Morgan fingerprint density at radius 3 is 2.72 bits per heavy atom. The SMILES string of the molecule is Cc1ccc2[nH]c3c(c2c1)CCC[C@H]3N[C@@H](CO)[C@H](O)c1ccc([N+](=O)[O-])cc1. The molecule has 29 heavy (non-hydrogen) atoms. The van der Waals surface area contributed by atoms with E-state index < -0.39 is 17.1 Å². The number of rotatable bonds is 6. The second-order valence-electron chi connectivity index (χ2n) is 7.76. The number of nitrogens with one attached hydrogen (secondary N) is 2. The van der Waals surface area contributed by atoms with Gasteiger partial charge in [0.2, 0.25) is 0 Å². The minimum atomic E-state index is -0.974. The average molecular weight is 395 g/mol. The Morgan fingerprint density at radius 2 is 2.03 bits per heavy atom. The Hall–Kier alpha value is -2.74. The predicted octanol–water partition coefficient (Wildman–Crippen LogP) is 3.45. The largest absolute Gasteiger partial charge is 0.395 e. The molecule has 0 saturated heterocycles. The van der Waals surface area contributed by atoms with Crippen molar-refractivity contribution in [3.8, 4) is 0 Å². The van der Waals surface area contributed by atoms with Crippen LogP contribution in [0.15, 0.2) is 42.5 Å². The summed E-state index contributed by atoms with van der Waals surface area (Å²) < 4.78 is 0. The highest BCUT2D eigenvalue weighted by Crippen LogP contribution is 2.36. The lowest BCUT2D eigenvalue weighted by molar-refractivity contribution is -0.384. The number of H-pyrrole nitrogens is 1. The van der Waals surface area contributed by atoms with Crippen molar-refractivity contribution in [2.24, 2.45) is 0 Å². The van der Waals surface area contributed by atoms with Gasteiger partial charge in [-0.15, -0.1) is 0 Å². The summed E-state index contributed by atoms with van der Waals surface area (Å²) in [6.45, 7) is 1.84. The van der Waals surface area contributed by atoms with E-state index in [0.29, 0.717) is 5.56 Å². The van der Waals surface area contributed by atoms with Gasteiger partial charge in [-0.05, 0) is 61.6 Å². The number of benzene rings is 2. The third kappa shape index (κ3) is 3.76. The summed E-state index contributed by atoms with van der Waals surface area (Å²) in [6, 6.07) is 11.6. The minimum absolute atomic E-state index is 0.00342. The van der Waals surface area contributed by atoms with Crippen LogP contribution in [-0.4, -0.2) is 32.8 Å². The number of fused-ring (bicyclic) bond motifs is 3. The molecule has 1 aromatic heterocycles. The van der Waals surface area contributed by atoms with Gasteiger partial charge in [-0.25, -0.2) is 0 Å². The van der Waals surface area contributed by atoms with Crippen LogP contribution in [0.3, 0.4) is 0 Å². The molecular weight excluding hydrogens is 370 g/mol. The maximum atomic E-state index is 10.8. The van der Waals surface area contributed by atoms with Gasteiger partial charge in [0.15, 0.2) is 0 Å². The number of hydrogen-bond acceptors (Lipinski definition) is 5. The third-order valence-corrected chi connectivity index (χ3v) is 5.80. The van der Waals surface area contributed by atoms with Gasteiger partial charge in [-0.1, -0.05) is 11.6 Å². The highest BCUT2D eigenvalue weighted by Gasteiger charge is 2.29. The van der Waals surface area contributed by atoms with Crippen molar-refractivity contribution in [1.82, 2.24) is 10.3 Å². The molecule has 1 heterocycles. The molecule has 0 radical (unpaired) electrons. The first-order valence-corrected chi connectivity index (χ1v) is 9.88. The average Bonchev–Trinajstić information content (AvgIpc) is 3.10. The minimum Gasteiger partial charge on any atom is -0.395 e. The maximum Gasteiger partial charge on any atom is 0.269 e. The number of hydrogen-bond donors (Lipinski definition) is 4. The summed E-state index contributed by atoms with van der Waals surface area (Å²) >= 11 is 0. The van der Waals surface area contributed by atoms with E-state index in [1.165, 1.54) is 40.8 Å². The number of nitro benzene ring substituents is 1. The standard InChI is InChI=1S/C22H25N3O4/c1-13-5-10-18-17(11-13)16-3-2-4-19(21(16)24-18)23-20(12-26)22(27)14-6-8-15(9-7-14)25(28)29/h5-11,19-20,22-24,26-27H,2-4,12H2,1H3/t19-,20+,22-/m1/s1. The Bertz CT molecular complexity index is 1030. The van der Waals surface area contributed by atoms with Crippen LogP contribution in [0.25, 0.3) is 10.9 Å². The quantitative estimate of drug-likeness (QED) is 0.377. The van der Waals surface area contributed by atoms with Gasteiger partial charge in [-0.2, -0.15) is 0 Å². The number of nitrogens with zero attached hydrogens (tertiary/aromatic N) is 1. The van der Waals surface area contributed by atoms with E-state index in [1.807, 2.05) is 0 Å². The van der Waals surface area contributed by atoms with Crippen LogP contribution in [0.2, 0.25) is 0 Å². The summed E-state index contributed by atoms with van der Waals surface area (Å²) in [7, 11) is 0. The molecule has 1 aliphatic carbocycles. The molecule has 1 aliphatic rings. The second kappa shape index (κ2) is 7.94. The van der Waals surface area contributed by atoms with Crippen molar-refractivity contribution in [2.45, 2.75) is 44.4 Å². The molecule has 0 bridgehead atoms. The van der Waals surface area contributed by atoms with E-state index >= 15 is 0 Å². The molecule has 7 nitrogen and oxygen atoms in total. The van der Waals surface area contributed by atoms with E-state index in [-0.39, 0.29) is 18.3 Å². The fourth-order valence-corrected chi connectivity index (χ4v) is 4.27. The molecule has 0 fully saturated rings. The monoisotopic (exact) mass is 395 g/mol. The van der Waals surface area contributed by atoms with Gasteiger partial charge in [0.25, 0.3) is 5.69 Å². The van der Waals surface area contributed by atoms with E-state index in [2.05, 4.69) is 35.4 Å². The van der Waals surface area contributed by atoms with Gasteiger partial charge >= 0.3 is 0 Å². The summed E-state index contributed by atoms with van der Waals surface area (Å²) in [4.78, 5) is 13.9. The van der Waals surface area contributed by atoms with Gasteiger partial charge in [0.05, 0.1) is 23.7 Å². The van der Waals surface area contributed by atoms with Crippen LogP contribution in [0, 0.1) is 17.0 Å². The molecule has 0 spiro atoms. The molecular formula is C22H25N3O4. The molecule has 0 aliphatic heterocycles. The Morgan fingerprint density at radius 1 is 1.28 bits per heavy atom. The van der Waals surface area contributed by atoms with Crippen LogP contribution in [0.4, 0.5) is 5.69 Å². The second-order valence-corrected chi connectivity index (χ2v) is 7.76. The smallest absolute Gasteiger partial charge is 0.269 e.